The number of thiazole rings is 1. The van der Waals surface area contributed by atoms with Crippen LogP contribution in [0.15, 0.2) is 66.0 Å². The summed E-state index contributed by atoms with van der Waals surface area (Å²) in [6.07, 6.45) is 1.31. The Morgan fingerprint density at radius 2 is 1.75 bits per heavy atom. The number of rotatable bonds is 4. The first-order chi connectivity index (χ1) is 15.6. The van der Waals surface area contributed by atoms with Crippen LogP contribution < -0.4 is 4.90 Å². The SMILES string of the molecule is Cc1ccccc1N(C(=O)C1CCN(C(=O)c2cccs2)CC1)c1nc2ccccc2s1. The molecular weight excluding hydrogens is 438 g/mol. The number of hydrogen-bond donors (Lipinski definition) is 0. The summed E-state index contributed by atoms with van der Waals surface area (Å²) in [5.74, 6) is -0.0246. The summed E-state index contributed by atoms with van der Waals surface area (Å²) in [5, 5.41) is 2.62. The summed E-state index contributed by atoms with van der Waals surface area (Å²) in [4.78, 5) is 35.7. The molecule has 5 rings (SSSR count). The molecule has 2 aromatic carbocycles. The fraction of sp³-hybridized carbons (Fsp3) is 0.240. The molecule has 0 bridgehead atoms. The van der Waals surface area contributed by atoms with E-state index in [2.05, 4.69) is 0 Å². The van der Waals surface area contributed by atoms with E-state index in [9.17, 15) is 9.59 Å². The van der Waals surface area contributed by atoms with Crippen molar-refractivity contribution in [2.24, 2.45) is 5.92 Å². The first-order valence-electron chi connectivity index (χ1n) is 10.7. The van der Waals surface area contributed by atoms with Gasteiger partial charge in [0.1, 0.15) is 0 Å². The molecule has 4 aromatic rings. The maximum absolute atomic E-state index is 13.8. The van der Waals surface area contributed by atoms with E-state index < -0.39 is 0 Å². The zero-order chi connectivity index (χ0) is 22.1. The predicted molar refractivity (Wildman–Crippen MR) is 131 cm³/mol. The highest BCUT2D eigenvalue weighted by atomic mass is 32.1. The topological polar surface area (TPSA) is 53.5 Å². The number of thiophene rings is 1. The number of para-hydroxylation sites is 2. The van der Waals surface area contributed by atoms with E-state index in [0.717, 1.165) is 26.3 Å². The lowest BCUT2D eigenvalue weighted by Gasteiger charge is -2.33. The molecule has 5 nitrogen and oxygen atoms in total. The van der Waals surface area contributed by atoms with Crippen LogP contribution in [0.5, 0.6) is 0 Å². The van der Waals surface area contributed by atoms with Crippen molar-refractivity contribution in [3.8, 4) is 0 Å². The van der Waals surface area contributed by atoms with Crippen molar-refractivity contribution < 1.29 is 9.59 Å². The number of nitrogens with zero attached hydrogens (tertiary/aromatic N) is 3. The molecule has 2 amide bonds. The van der Waals surface area contributed by atoms with Gasteiger partial charge in [-0.25, -0.2) is 4.98 Å². The number of anilines is 2. The Labute approximate surface area is 194 Å². The van der Waals surface area contributed by atoms with Crippen LogP contribution in [0.4, 0.5) is 10.8 Å². The summed E-state index contributed by atoms with van der Waals surface area (Å²) >= 11 is 3.00. The molecule has 32 heavy (non-hydrogen) atoms. The lowest BCUT2D eigenvalue weighted by molar-refractivity contribution is -0.122. The molecular formula is C25H23N3O2S2. The lowest BCUT2D eigenvalue weighted by Crippen LogP contribution is -2.43. The summed E-state index contributed by atoms with van der Waals surface area (Å²) in [6, 6.07) is 19.7. The molecule has 0 atom stereocenters. The van der Waals surface area contributed by atoms with E-state index >= 15 is 0 Å². The number of carbonyl (C=O) groups is 2. The van der Waals surface area contributed by atoms with Crippen molar-refractivity contribution in [3.63, 3.8) is 0 Å². The molecule has 0 unspecified atom stereocenters. The average molecular weight is 462 g/mol. The second kappa shape index (κ2) is 8.84. The molecule has 0 N–H and O–H groups in total. The van der Waals surface area contributed by atoms with Gasteiger partial charge in [-0.05, 0) is 55.0 Å². The third kappa shape index (κ3) is 3.94. The van der Waals surface area contributed by atoms with E-state index in [-0.39, 0.29) is 17.7 Å². The van der Waals surface area contributed by atoms with Crippen LogP contribution in [0, 0.1) is 12.8 Å². The van der Waals surface area contributed by atoms with E-state index in [4.69, 9.17) is 4.98 Å². The molecule has 0 saturated carbocycles. The summed E-state index contributed by atoms with van der Waals surface area (Å²) < 4.78 is 1.06. The van der Waals surface area contributed by atoms with Gasteiger partial charge in [-0.1, -0.05) is 47.7 Å². The Kier molecular flexibility index (Phi) is 5.76. The Morgan fingerprint density at radius 3 is 2.47 bits per heavy atom. The summed E-state index contributed by atoms with van der Waals surface area (Å²) in [5.41, 5.74) is 2.80. The number of benzene rings is 2. The number of fused-ring (bicyclic) bond motifs is 1. The Balaban J connectivity index is 1.41. The van der Waals surface area contributed by atoms with Crippen molar-refractivity contribution >= 4 is 55.5 Å². The molecule has 0 aliphatic carbocycles. The quantitative estimate of drug-likeness (QED) is 0.381. The zero-order valence-corrected chi connectivity index (χ0v) is 19.4. The molecule has 3 heterocycles. The minimum Gasteiger partial charge on any atom is -0.338 e. The number of amides is 2. The Morgan fingerprint density at radius 1 is 1.00 bits per heavy atom. The van der Waals surface area contributed by atoms with Gasteiger partial charge < -0.3 is 4.90 Å². The lowest BCUT2D eigenvalue weighted by atomic mass is 9.94. The summed E-state index contributed by atoms with van der Waals surface area (Å²) in [6.45, 7) is 3.20. The number of aryl methyl sites for hydroxylation is 1. The molecule has 0 radical (unpaired) electrons. The van der Waals surface area contributed by atoms with Gasteiger partial charge in [-0.2, -0.15) is 0 Å². The number of aromatic nitrogens is 1. The normalized spacial score (nSPS) is 14.6. The van der Waals surface area contributed by atoms with Gasteiger partial charge in [0.2, 0.25) is 5.91 Å². The van der Waals surface area contributed by atoms with Gasteiger partial charge >= 0.3 is 0 Å². The van der Waals surface area contributed by atoms with Crippen molar-refractivity contribution in [2.75, 3.05) is 18.0 Å². The second-order valence-electron chi connectivity index (χ2n) is 7.97. The second-order valence-corrected chi connectivity index (χ2v) is 9.92. The predicted octanol–water partition coefficient (Wildman–Crippen LogP) is 5.88. The molecule has 1 aliphatic rings. The zero-order valence-electron chi connectivity index (χ0n) is 17.7. The number of likely N-dealkylation sites (tertiary alicyclic amines) is 1. The van der Waals surface area contributed by atoms with E-state index in [0.29, 0.717) is 31.1 Å². The van der Waals surface area contributed by atoms with Crippen LogP contribution in [0.25, 0.3) is 10.2 Å². The number of carbonyl (C=O) groups excluding carboxylic acids is 2. The maximum Gasteiger partial charge on any atom is 0.263 e. The van der Waals surface area contributed by atoms with Gasteiger partial charge in [0.05, 0.1) is 20.8 Å². The molecule has 162 valence electrons. The van der Waals surface area contributed by atoms with E-state index in [1.165, 1.54) is 22.7 Å². The minimum absolute atomic E-state index is 0.0570. The van der Waals surface area contributed by atoms with Crippen LogP contribution in [0.1, 0.15) is 28.1 Å². The van der Waals surface area contributed by atoms with Gasteiger partial charge in [0.15, 0.2) is 5.13 Å². The average Bonchev–Trinajstić information content (AvgIpc) is 3.50. The third-order valence-corrected chi connectivity index (χ3v) is 7.79. The molecule has 1 aliphatic heterocycles. The Hall–Kier alpha value is -3.03. The molecule has 1 saturated heterocycles. The van der Waals surface area contributed by atoms with E-state index in [1.807, 2.05) is 77.9 Å². The van der Waals surface area contributed by atoms with Crippen LogP contribution >= 0.6 is 22.7 Å². The van der Waals surface area contributed by atoms with Crippen molar-refractivity contribution in [2.45, 2.75) is 19.8 Å². The monoisotopic (exact) mass is 461 g/mol. The summed E-state index contributed by atoms with van der Waals surface area (Å²) in [7, 11) is 0. The first kappa shape index (κ1) is 20.8. The van der Waals surface area contributed by atoms with Crippen LogP contribution in [0.2, 0.25) is 0 Å². The number of hydrogen-bond acceptors (Lipinski definition) is 5. The fourth-order valence-corrected chi connectivity index (χ4v) is 5.83. The first-order valence-corrected chi connectivity index (χ1v) is 12.4. The van der Waals surface area contributed by atoms with Crippen LogP contribution in [0.3, 0.4) is 0 Å². The van der Waals surface area contributed by atoms with Gasteiger partial charge in [0, 0.05) is 19.0 Å². The fourth-order valence-electron chi connectivity index (χ4n) is 4.15. The highest BCUT2D eigenvalue weighted by Gasteiger charge is 2.33. The number of piperidine rings is 1. The molecule has 1 fully saturated rings. The molecule has 0 spiro atoms. The van der Waals surface area contributed by atoms with Gasteiger partial charge in [-0.15, -0.1) is 11.3 Å². The van der Waals surface area contributed by atoms with Crippen LogP contribution in [-0.4, -0.2) is 34.8 Å². The van der Waals surface area contributed by atoms with Crippen LogP contribution in [-0.2, 0) is 4.79 Å². The highest BCUT2D eigenvalue weighted by Crippen LogP contribution is 2.37. The minimum atomic E-state index is -0.144. The standard InChI is InChI=1S/C25H23N3O2S2/c1-17-7-2-4-9-20(17)28(25-26-19-8-3-5-10-21(19)32-25)23(29)18-12-14-27(15-13-18)24(30)22-11-6-16-31-22/h2-11,16,18H,12-15H2,1H3. The smallest absolute Gasteiger partial charge is 0.263 e. The van der Waals surface area contributed by atoms with Gasteiger partial charge in [-0.3, -0.25) is 14.5 Å². The van der Waals surface area contributed by atoms with Gasteiger partial charge in [0.25, 0.3) is 5.91 Å². The molecule has 2 aromatic heterocycles. The largest absolute Gasteiger partial charge is 0.338 e. The Bertz CT molecular complexity index is 1220. The molecule has 7 heteroatoms. The van der Waals surface area contributed by atoms with Crippen molar-refractivity contribution in [1.29, 1.82) is 0 Å². The third-order valence-electron chi connectivity index (χ3n) is 5.91. The van der Waals surface area contributed by atoms with Crippen molar-refractivity contribution in [1.82, 2.24) is 9.88 Å². The van der Waals surface area contributed by atoms with E-state index in [1.54, 1.807) is 4.90 Å². The van der Waals surface area contributed by atoms with Crippen molar-refractivity contribution in [3.05, 3.63) is 76.5 Å². The maximum atomic E-state index is 13.8. The highest BCUT2D eigenvalue weighted by molar-refractivity contribution is 7.22.